The number of Topliss-reactive ketones (excluding diaryl/α,β-unsaturated/α-hetero) is 1. The summed E-state index contributed by atoms with van der Waals surface area (Å²) in [5, 5.41) is 6.30. The van der Waals surface area contributed by atoms with Crippen molar-refractivity contribution in [3.05, 3.63) is 35.4 Å². The minimum atomic E-state index is -0.0638. The summed E-state index contributed by atoms with van der Waals surface area (Å²) >= 11 is 0. The normalized spacial score (nSPS) is 18.6. The van der Waals surface area contributed by atoms with Gasteiger partial charge in [-0.1, -0.05) is 19.1 Å². The molecule has 20 heavy (non-hydrogen) atoms. The van der Waals surface area contributed by atoms with E-state index in [0.29, 0.717) is 30.0 Å². The van der Waals surface area contributed by atoms with E-state index in [2.05, 4.69) is 10.6 Å². The van der Waals surface area contributed by atoms with Gasteiger partial charge in [0.1, 0.15) is 0 Å². The van der Waals surface area contributed by atoms with E-state index in [1.54, 1.807) is 24.3 Å². The average Bonchev–Trinajstić information content (AvgIpc) is 2.53. The summed E-state index contributed by atoms with van der Waals surface area (Å²) < 4.78 is 0. The molecule has 4 heteroatoms. The molecule has 0 aromatic heterocycles. The van der Waals surface area contributed by atoms with Gasteiger partial charge in [-0.25, -0.2) is 0 Å². The Kier molecular flexibility index (Phi) is 5.30. The number of amides is 1. The number of rotatable bonds is 5. The van der Waals surface area contributed by atoms with E-state index in [1.807, 2.05) is 6.92 Å². The van der Waals surface area contributed by atoms with Gasteiger partial charge in [-0.15, -0.1) is 0 Å². The Bertz CT molecular complexity index is 462. The summed E-state index contributed by atoms with van der Waals surface area (Å²) in [7, 11) is 0. The highest BCUT2D eigenvalue weighted by atomic mass is 16.1. The van der Waals surface area contributed by atoms with E-state index >= 15 is 0 Å². The topological polar surface area (TPSA) is 58.2 Å². The second kappa shape index (κ2) is 7.20. The lowest BCUT2D eigenvalue weighted by atomic mass is 9.99. The zero-order valence-corrected chi connectivity index (χ0v) is 11.9. The van der Waals surface area contributed by atoms with Crippen molar-refractivity contribution in [2.24, 2.45) is 5.92 Å². The Morgan fingerprint density at radius 1 is 1.25 bits per heavy atom. The summed E-state index contributed by atoms with van der Waals surface area (Å²) in [5.41, 5.74) is 1.28. The number of hydrogen-bond donors (Lipinski definition) is 2. The maximum absolute atomic E-state index is 12.0. The smallest absolute Gasteiger partial charge is 0.251 e. The lowest BCUT2D eigenvalue weighted by Gasteiger charge is -2.22. The van der Waals surface area contributed by atoms with Crippen molar-refractivity contribution in [2.75, 3.05) is 19.6 Å². The monoisotopic (exact) mass is 274 g/mol. The third-order valence-corrected chi connectivity index (χ3v) is 3.74. The lowest BCUT2D eigenvalue weighted by molar-refractivity contribution is 0.0942. The average molecular weight is 274 g/mol. The Labute approximate surface area is 119 Å². The van der Waals surface area contributed by atoms with Crippen LogP contribution in [-0.4, -0.2) is 31.3 Å². The third-order valence-electron chi connectivity index (χ3n) is 3.74. The maximum Gasteiger partial charge on any atom is 0.251 e. The molecule has 1 atom stereocenters. The molecule has 1 aromatic rings. The minimum absolute atomic E-state index is 0.0638. The molecule has 0 bridgehead atoms. The molecule has 1 amide bonds. The fourth-order valence-corrected chi connectivity index (χ4v) is 2.45. The molecule has 1 fully saturated rings. The first-order valence-corrected chi connectivity index (χ1v) is 7.33. The van der Waals surface area contributed by atoms with Crippen LogP contribution in [0.25, 0.3) is 0 Å². The van der Waals surface area contributed by atoms with Gasteiger partial charge >= 0.3 is 0 Å². The van der Waals surface area contributed by atoms with Crippen LogP contribution in [0.1, 0.15) is 46.9 Å². The largest absolute Gasteiger partial charge is 0.352 e. The molecule has 4 nitrogen and oxygen atoms in total. The molecule has 1 aromatic carbocycles. The SMILES string of the molecule is CCC(=O)c1ccc(C(=O)NCC2CCCNC2)cc1. The van der Waals surface area contributed by atoms with E-state index in [0.717, 1.165) is 19.5 Å². The summed E-state index contributed by atoms with van der Waals surface area (Å²) in [6.07, 6.45) is 2.83. The highest BCUT2D eigenvalue weighted by Crippen LogP contribution is 2.10. The van der Waals surface area contributed by atoms with Crippen LogP contribution in [-0.2, 0) is 0 Å². The van der Waals surface area contributed by atoms with Crippen molar-refractivity contribution in [2.45, 2.75) is 26.2 Å². The lowest BCUT2D eigenvalue weighted by Crippen LogP contribution is -2.38. The summed E-state index contributed by atoms with van der Waals surface area (Å²) in [6, 6.07) is 6.89. The molecule has 0 saturated carbocycles. The van der Waals surface area contributed by atoms with E-state index < -0.39 is 0 Å². The first-order valence-electron chi connectivity index (χ1n) is 7.33. The van der Waals surface area contributed by atoms with Crippen molar-refractivity contribution in [1.29, 1.82) is 0 Å². The van der Waals surface area contributed by atoms with Crippen molar-refractivity contribution in [3.8, 4) is 0 Å². The Balaban J connectivity index is 1.87. The molecule has 1 aliphatic rings. The summed E-state index contributed by atoms with van der Waals surface area (Å²) in [5.74, 6) is 0.560. The van der Waals surface area contributed by atoms with Crippen LogP contribution >= 0.6 is 0 Å². The van der Waals surface area contributed by atoms with Crippen molar-refractivity contribution in [3.63, 3.8) is 0 Å². The van der Waals surface area contributed by atoms with Crippen LogP contribution in [0.15, 0.2) is 24.3 Å². The van der Waals surface area contributed by atoms with Crippen LogP contribution in [0.2, 0.25) is 0 Å². The zero-order valence-electron chi connectivity index (χ0n) is 11.9. The fraction of sp³-hybridized carbons (Fsp3) is 0.500. The molecule has 0 spiro atoms. The number of hydrogen-bond acceptors (Lipinski definition) is 3. The molecule has 2 N–H and O–H groups in total. The van der Waals surface area contributed by atoms with Gasteiger partial charge < -0.3 is 10.6 Å². The van der Waals surface area contributed by atoms with Crippen LogP contribution in [0.5, 0.6) is 0 Å². The van der Waals surface area contributed by atoms with Gasteiger partial charge in [0.15, 0.2) is 5.78 Å². The Morgan fingerprint density at radius 2 is 1.95 bits per heavy atom. The minimum Gasteiger partial charge on any atom is -0.352 e. The van der Waals surface area contributed by atoms with Gasteiger partial charge in [-0.3, -0.25) is 9.59 Å². The number of piperidine rings is 1. The molecular weight excluding hydrogens is 252 g/mol. The van der Waals surface area contributed by atoms with Gasteiger partial charge in [0, 0.05) is 24.1 Å². The van der Waals surface area contributed by atoms with Crippen molar-refractivity contribution >= 4 is 11.7 Å². The molecule has 2 rings (SSSR count). The summed E-state index contributed by atoms with van der Waals surface area (Å²) in [4.78, 5) is 23.5. The zero-order chi connectivity index (χ0) is 14.4. The predicted octanol–water partition coefficient (Wildman–Crippen LogP) is 2.01. The van der Waals surface area contributed by atoms with E-state index in [9.17, 15) is 9.59 Å². The maximum atomic E-state index is 12.0. The first kappa shape index (κ1) is 14.7. The standard InChI is InChI=1S/C16H22N2O2/c1-2-15(19)13-5-7-14(8-6-13)16(20)18-11-12-4-3-9-17-10-12/h5-8,12,17H,2-4,9-11H2,1H3,(H,18,20). The second-order valence-electron chi connectivity index (χ2n) is 5.28. The third kappa shape index (κ3) is 3.90. The number of carbonyl (C=O) groups excluding carboxylic acids is 2. The molecule has 1 aliphatic heterocycles. The van der Waals surface area contributed by atoms with E-state index in [1.165, 1.54) is 6.42 Å². The van der Waals surface area contributed by atoms with Gasteiger partial charge in [-0.2, -0.15) is 0 Å². The van der Waals surface area contributed by atoms with Crippen LogP contribution < -0.4 is 10.6 Å². The molecule has 1 heterocycles. The number of nitrogens with one attached hydrogen (secondary N) is 2. The highest BCUT2D eigenvalue weighted by molar-refractivity contribution is 5.98. The molecular formula is C16H22N2O2. The molecule has 0 radical (unpaired) electrons. The Hall–Kier alpha value is -1.68. The molecule has 1 saturated heterocycles. The molecule has 108 valence electrons. The summed E-state index contributed by atoms with van der Waals surface area (Å²) in [6.45, 7) is 4.60. The predicted molar refractivity (Wildman–Crippen MR) is 79.0 cm³/mol. The van der Waals surface area contributed by atoms with E-state index in [4.69, 9.17) is 0 Å². The van der Waals surface area contributed by atoms with Gasteiger partial charge in [0.05, 0.1) is 0 Å². The fourth-order valence-electron chi connectivity index (χ4n) is 2.45. The number of benzene rings is 1. The first-order chi connectivity index (χ1) is 9.70. The molecule has 1 unspecified atom stereocenters. The number of ketones is 1. The van der Waals surface area contributed by atoms with Gasteiger partial charge in [0.25, 0.3) is 5.91 Å². The quantitative estimate of drug-likeness (QED) is 0.808. The van der Waals surface area contributed by atoms with Crippen LogP contribution in [0.3, 0.4) is 0 Å². The second-order valence-corrected chi connectivity index (χ2v) is 5.28. The van der Waals surface area contributed by atoms with E-state index in [-0.39, 0.29) is 11.7 Å². The van der Waals surface area contributed by atoms with Gasteiger partial charge in [0.2, 0.25) is 0 Å². The number of carbonyl (C=O) groups is 2. The molecule has 0 aliphatic carbocycles. The van der Waals surface area contributed by atoms with Gasteiger partial charge in [-0.05, 0) is 44.0 Å². The van der Waals surface area contributed by atoms with Crippen LogP contribution in [0, 0.1) is 5.92 Å². The Morgan fingerprint density at radius 3 is 2.55 bits per heavy atom. The van der Waals surface area contributed by atoms with Crippen molar-refractivity contribution < 1.29 is 9.59 Å². The highest BCUT2D eigenvalue weighted by Gasteiger charge is 2.14. The van der Waals surface area contributed by atoms with Crippen LogP contribution in [0.4, 0.5) is 0 Å². The van der Waals surface area contributed by atoms with Crippen molar-refractivity contribution in [1.82, 2.24) is 10.6 Å².